The summed E-state index contributed by atoms with van der Waals surface area (Å²) in [7, 11) is 1.16. The van der Waals surface area contributed by atoms with Gasteiger partial charge in [-0.15, -0.1) is 0 Å². The number of allylic oxidation sites excluding steroid dienone is 1. The molecular formula is C8H13P. The highest BCUT2D eigenvalue weighted by molar-refractivity contribution is 7.42. The van der Waals surface area contributed by atoms with Gasteiger partial charge in [-0.3, -0.25) is 0 Å². The molecule has 50 valence electrons. The normalized spacial score (nSPS) is 43.6. The van der Waals surface area contributed by atoms with Crippen LogP contribution in [0.2, 0.25) is 0 Å². The summed E-state index contributed by atoms with van der Waals surface area (Å²) in [6.45, 7) is 0. The van der Waals surface area contributed by atoms with Crippen molar-refractivity contribution < 1.29 is 0 Å². The Labute approximate surface area is 58.5 Å². The number of hydrogen-bond donors (Lipinski definition) is 0. The number of rotatable bonds is 0. The summed E-state index contributed by atoms with van der Waals surface area (Å²) in [5.74, 6) is 3.49. The summed E-state index contributed by atoms with van der Waals surface area (Å²) >= 11 is 0. The minimum atomic E-state index is 1.09. The van der Waals surface area contributed by atoms with E-state index in [-0.39, 0.29) is 0 Å². The first-order valence-electron chi connectivity index (χ1n) is 3.88. The summed E-state index contributed by atoms with van der Waals surface area (Å²) in [6.07, 6.45) is 8.31. The van der Waals surface area contributed by atoms with Gasteiger partial charge in [0, 0.05) is 0 Å². The maximum absolute atomic E-state index is 2.40. The van der Waals surface area contributed by atoms with Crippen LogP contribution in [0, 0.1) is 5.92 Å². The van der Waals surface area contributed by atoms with Crippen molar-refractivity contribution in [1.29, 1.82) is 0 Å². The molecule has 0 saturated heterocycles. The second kappa shape index (κ2) is 2.42. The Bertz CT molecular complexity index is 115. The lowest BCUT2D eigenvalue weighted by molar-refractivity contribution is 0.563. The average Bonchev–Trinajstić information content (AvgIpc) is 2.33. The Hall–Kier alpha value is 0.170. The lowest BCUT2D eigenvalue weighted by Crippen LogP contribution is -2.08. The molecule has 2 aliphatic rings. The molecule has 1 heterocycles. The molecule has 1 aliphatic carbocycles. The third-order valence-electron chi connectivity index (χ3n) is 2.53. The average molecular weight is 140 g/mol. The number of fused-ring (bicyclic) bond motifs is 1. The van der Waals surface area contributed by atoms with Crippen molar-refractivity contribution in [2.75, 3.05) is 0 Å². The second-order valence-electron chi connectivity index (χ2n) is 3.10. The highest BCUT2D eigenvalue weighted by Crippen LogP contribution is 2.44. The van der Waals surface area contributed by atoms with E-state index in [1.807, 2.05) is 0 Å². The predicted molar refractivity (Wildman–Crippen MR) is 43.2 cm³/mol. The lowest BCUT2D eigenvalue weighted by atomic mass is 10.0. The van der Waals surface area contributed by atoms with Gasteiger partial charge in [-0.05, 0) is 30.8 Å². The van der Waals surface area contributed by atoms with Crippen molar-refractivity contribution in [3.63, 3.8) is 0 Å². The van der Waals surface area contributed by atoms with Gasteiger partial charge in [-0.2, -0.15) is 0 Å². The molecule has 2 rings (SSSR count). The fourth-order valence-electron chi connectivity index (χ4n) is 1.97. The smallest absolute Gasteiger partial charge is 0.0171 e. The Morgan fingerprint density at radius 3 is 3.22 bits per heavy atom. The van der Waals surface area contributed by atoms with Crippen LogP contribution in [0.5, 0.6) is 0 Å². The zero-order chi connectivity index (χ0) is 6.10. The second-order valence-corrected chi connectivity index (χ2v) is 4.51. The van der Waals surface area contributed by atoms with E-state index < -0.39 is 0 Å². The van der Waals surface area contributed by atoms with Crippen LogP contribution in [0.1, 0.15) is 25.7 Å². The van der Waals surface area contributed by atoms with Crippen LogP contribution in [0.4, 0.5) is 0 Å². The van der Waals surface area contributed by atoms with Crippen LogP contribution in [-0.4, -0.2) is 5.66 Å². The van der Waals surface area contributed by atoms with Gasteiger partial charge >= 0.3 is 0 Å². The minimum absolute atomic E-state index is 1.09. The van der Waals surface area contributed by atoms with Gasteiger partial charge in [0.15, 0.2) is 0 Å². The molecule has 9 heavy (non-hydrogen) atoms. The zero-order valence-electron chi connectivity index (χ0n) is 5.64. The monoisotopic (exact) mass is 140 g/mol. The van der Waals surface area contributed by atoms with E-state index in [1.54, 1.807) is 0 Å². The molecule has 0 amide bonds. The molecule has 1 saturated carbocycles. The van der Waals surface area contributed by atoms with Crippen molar-refractivity contribution in [1.82, 2.24) is 0 Å². The van der Waals surface area contributed by atoms with E-state index in [1.165, 1.54) is 25.7 Å². The molecule has 3 unspecified atom stereocenters. The van der Waals surface area contributed by atoms with Crippen molar-refractivity contribution in [3.05, 3.63) is 11.9 Å². The maximum atomic E-state index is 2.40. The molecule has 1 fully saturated rings. The SMILES string of the molecule is C1=CPC2CCCC2C1. The Balaban J connectivity index is 2.07. The summed E-state index contributed by atoms with van der Waals surface area (Å²) in [6, 6.07) is 0. The summed E-state index contributed by atoms with van der Waals surface area (Å²) < 4.78 is 0. The van der Waals surface area contributed by atoms with E-state index in [4.69, 9.17) is 0 Å². The molecule has 0 aromatic carbocycles. The van der Waals surface area contributed by atoms with Crippen molar-refractivity contribution in [2.24, 2.45) is 5.92 Å². The Kier molecular flexibility index (Phi) is 1.59. The Morgan fingerprint density at radius 2 is 2.33 bits per heavy atom. The molecule has 3 atom stereocenters. The lowest BCUT2D eigenvalue weighted by Gasteiger charge is -2.19. The first kappa shape index (κ1) is 5.92. The molecule has 0 nitrogen and oxygen atoms in total. The van der Waals surface area contributed by atoms with E-state index >= 15 is 0 Å². The van der Waals surface area contributed by atoms with Crippen LogP contribution in [0.25, 0.3) is 0 Å². The molecule has 1 heteroatoms. The Morgan fingerprint density at radius 1 is 1.33 bits per heavy atom. The molecular weight excluding hydrogens is 127 g/mol. The molecule has 0 N–H and O–H groups in total. The van der Waals surface area contributed by atoms with Crippen LogP contribution < -0.4 is 0 Å². The van der Waals surface area contributed by atoms with Gasteiger partial charge in [0.1, 0.15) is 0 Å². The molecule has 1 aliphatic heterocycles. The minimum Gasteiger partial charge on any atom is -0.0953 e. The van der Waals surface area contributed by atoms with Gasteiger partial charge in [0.05, 0.1) is 0 Å². The third-order valence-corrected chi connectivity index (χ3v) is 4.14. The molecule has 0 bridgehead atoms. The van der Waals surface area contributed by atoms with Gasteiger partial charge in [0.2, 0.25) is 0 Å². The van der Waals surface area contributed by atoms with Crippen molar-refractivity contribution >= 4 is 8.58 Å². The van der Waals surface area contributed by atoms with E-state index in [2.05, 4.69) is 11.9 Å². The number of hydrogen-bond acceptors (Lipinski definition) is 0. The van der Waals surface area contributed by atoms with Crippen LogP contribution in [0.3, 0.4) is 0 Å². The maximum Gasteiger partial charge on any atom is -0.0171 e. The van der Waals surface area contributed by atoms with Gasteiger partial charge in [-0.1, -0.05) is 26.9 Å². The molecule has 0 radical (unpaired) electrons. The van der Waals surface area contributed by atoms with Crippen LogP contribution in [0.15, 0.2) is 11.9 Å². The molecule has 0 spiro atoms. The summed E-state index contributed by atoms with van der Waals surface area (Å²) in [4.78, 5) is 0. The standard InChI is InChI=1S/C8H13P/c1-3-7-4-2-6-9-8(7)5-1/h2,6-9H,1,3-5H2. The van der Waals surface area contributed by atoms with Gasteiger partial charge < -0.3 is 0 Å². The van der Waals surface area contributed by atoms with E-state index in [0.717, 1.165) is 20.2 Å². The zero-order valence-corrected chi connectivity index (χ0v) is 6.64. The van der Waals surface area contributed by atoms with Gasteiger partial charge in [0.25, 0.3) is 0 Å². The molecule has 0 aromatic rings. The summed E-state index contributed by atoms with van der Waals surface area (Å²) in [5.41, 5.74) is 1.11. The van der Waals surface area contributed by atoms with Crippen LogP contribution >= 0.6 is 8.58 Å². The fraction of sp³-hybridized carbons (Fsp3) is 0.750. The third kappa shape index (κ3) is 1.05. The van der Waals surface area contributed by atoms with Crippen molar-refractivity contribution in [3.8, 4) is 0 Å². The quantitative estimate of drug-likeness (QED) is 0.454. The highest BCUT2D eigenvalue weighted by atomic mass is 31.1. The first-order valence-corrected chi connectivity index (χ1v) is 5.03. The van der Waals surface area contributed by atoms with E-state index in [0.29, 0.717) is 0 Å². The fourth-order valence-corrected chi connectivity index (χ4v) is 3.44. The van der Waals surface area contributed by atoms with Crippen molar-refractivity contribution in [2.45, 2.75) is 31.3 Å². The topological polar surface area (TPSA) is 0 Å². The molecule has 0 aromatic heterocycles. The first-order chi connectivity index (χ1) is 4.47. The summed E-state index contributed by atoms with van der Waals surface area (Å²) in [5, 5.41) is 0. The van der Waals surface area contributed by atoms with E-state index in [9.17, 15) is 0 Å². The van der Waals surface area contributed by atoms with Crippen LogP contribution in [-0.2, 0) is 0 Å². The highest BCUT2D eigenvalue weighted by Gasteiger charge is 2.26. The predicted octanol–water partition coefficient (Wildman–Crippen LogP) is 2.75. The largest absolute Gasteiger partial charge is 0.0953 e. The van der Waals surface area contributed by atoms with Gasteiger partial charge in [-0.25, -0.2) is 0 Å².